The van der Waals surface area contributed by atoms with E-state index < -0.39 is 6.10 Å². The maximum Gasteiger partial charge on any atom is 0.219 e. The zero-order valence-electron chi connectivity index (χ0n) is 9.30. The van der Waals surface area contributed by atoms with Crippen molar-refractivity contribution in [2.24, 2.45) is 0 Å². The molecule has 0 saturated heterocycles. The van der Waals surface area contributed by atoms with Crippen LogP contribution < -0.4 is 4.74 Å². The predicted octanol–water partition coefficient (Wildman–Crippen LogP) is 3.53. The highest BCUT2D eigenvalue weighted by molar-refractivity contribution is 14.1. The summed E-state index contributed by atoms with van der Waals surface area (Å²) < 4.78 is 6.69. The van der Waals surface area contributed by atoms with E-state index in [0.717, 1.165) is 14.9 Å². The third-order valence-electron chi connectivity index (χ3n) is 2.29. The molecule has 1 atom stereocenters. The van der Waals surface area contributed by atoms with Crippen LogP contribution in [0, 0.1) is 3.57 Å². The Hall–Kier alpha value is -1.14. The molecule has 0 aliphatic carbocycles. The van der Waals surface area contributed by atoms with Gasteiger partial charge in [-0.15, -0.1) is 0 Å². The Kier molecular flexibility index (Phi) is 3.96. The summed E-state index contributed by atoms with van der Waals surface area (Å²) in [5.41, 5.74) is 0.793. The first-order chi connectivity index (χ1) is 8.16. The van der Waals surface area contributed by atoms with Gasteiger partial charge < -0.3 is 9.84 Å². The van der Waals surface area contributed by atoms with E-state index in [0.29, 0.717) is 5.88 Å². The van der Waals surface area contributed by atoms with Crippen LogP contribution in [0.4, 0.5) is 0 Å². The van der Waals surface area contributed by atoms with Gasteiger partial charge in [0.1, 0.15) is 5.75 Å². The lowest BCUT2D eigenvalue weighted by molar-refractivity contribution is 0.198. The van der Waals surface area contributed by atoms with E-state index in [1.54, 1.807) is 25.3 Å². The molecule has 2 aromatic rings. The van der Waals surface area contributed by atoms with Gasteiger partial charge in [-0.2, -0.15) is 0 Å². The molecule has 0 bridgehead atoms. The lowest BCUT2D eigenvalue weighted by Crippen LogP contribution is -1.94. The van der Waals surface area contributed by atoms with Crippen LogP contribution in [0.3, 0.4) is 0 Å². The molecule has 3 nitrogen and oxygen atoms in total. The first kappa shape index (κ1) is 12.3. The first-order valence-corrected chi connectivity index (χ1v) is 6.31. The molecule has 1 aromatic carbocycles. The summed E-state index contributed by atoms with van der Waals surface area (Å²) >= 11 is 2.21. The maximum absolute atomic E-state index is 9.48. The molecule has 0 unspecified atom stereocenters. The second-order valence-corrected chi connectivity index (χ2v) is 4.80. The Morgan fingerprint density at radius 2 is 2.06 bits per heavy atom. The van der Waals surface area contributed by atoms with Gasteiger partial charge in [0, 0.05) is 12.3 Å². The quantitative estimate of drug-likeness (QED) is 0.869. The van der Waals surface area contributed by atoms with Gasteiger partial charge in [0.05, 0.1) is 9.67 Å². The smallest absolute Gasteiger partial charge is 0.219 e. The molecule has 1 heterocycles. The highest BCUT2D eigenvalue weighted by atomic mass is 127. The Morgan fingerprint density at radius 1 is 1.29 bits per heavy atom. The average molecular weight is 341 g/mol. The Morgan fingerprint density at radius 3 is 2.76 bits per heavy atom. The second-order valence-electron chi connectivity index (χ2n) is 3.64. The Bertz CT molecular complexity index is 514. The molecule has 0 radical (unpaired) electrons. The number of hydrogen-bond donors (Lipinski definition) is 1. The van der Waals surface area contributed by atoms with Gasteiger partial charge in [0.15, 0.2) is 0 Å². The lowest BCUT2D eigenvalue weighted by atomic mass is 10.2. The van der Waals surface area contributed by atoms with Crippen LogP contribution in [0.5, 0.6) is 11.6 Å². The second kappa shape index (κ2) is 5.46. The van der Waals surface area contributed by atoms with Gasteiger partial charge in [0.2, 0.25) is 5.88 Å². The standard InChI is InChI=1S/C13H12INO2/c1-9(16)10-6-7-15-13(8-10)17-12-5-3-2-4-11(12)14/h2-9,16H,1H3/t9-/m1/s1. The van der Waals surface area contributed by atoms with E-state index in [1.807, 2.05) is 24.3 Å². The van der Waals surface area contributed by atoms with Crippen LogP contribution in [0.2, 0.25) is 0 Å². The van der Waals surface area contributed by atoms with Crippen molar-refractivity contribution < 1.29 is 9.84 Å². The molecule has 17 heavy (non-hydrogen) atoms. The fourth-order valence-corrected chi connectivity index (χ4v) is 1.88. The van der Waals surface area contributed by atoms with Crippen molar-refractivity contribution in [1.29, 1.82) is 0 Å². The number of hydrogen-bond acceptors (Lipinski definition) is 3. The molecule has 0 fully saturated rings. The van der Waals surface area contributed by atoms with E-state index in [9.17, 15) is 5.11 Å². The molecule has 0 saturated carbocycles. The molecule has 1 aromatic heterocycles. The van der Waals surface area contributed by atoms with Crippen LogP contribution in [-0.2, 0) is 0 Å². The van der Waals surface area contributed by atoms with Crippen LogP contribution in [0.15, 0.2) is 42.6 Å². The van der Waals surface area contributed by atoms with Crippen LogP contribution in [-0.4, -0.2) is 10.1 Å². The molecule has 0 aliphatic heterocycles. The van der Waals surface area contributed by atoms with Gasteiger partial charge in [-0.3, -0.25) is 0 Å². The summed E-state index contributed by atoms with van der Waals surface area (Å²) in [4.78, 5) is 4.12. The van der Waals surface area contributed by atoms with Gasteiger partial charge in [-0.1, -0.05) is 12.1 Å². The number of nitrogens with zero attached hydrogens (tertiary/aromatic N) is 1. The van der Waals surface area contributed by atoms with Gasteiger partial charge in [-0.05, 0) is 53.3 Å². The predicted molar refractivity (Wildman–Crippen MR) is 74.1 cm³/mol. The zero-order chi connectivity index (χ0) is 12.3. The monoisotopic (exact) mass is 341 g/mol. The van der Waals surface area contributed by atoms with Crippen molar-refractivity contribution in [1.82, 2.24) is 4.98 Å². The summed E-state index contributed by atoms with van der Waals surface area (Å²) in [6, 6.07) is 11.2. The van der Waals surface area contributed by atoms with E-state index in [1.165, 1.54) is 0 Å². The van der Waals surface area contributed by atoms with E-state index in [-0.39, 0.29) is 0 Å². The molecule has 88 valence electrons. The number of pyridine rings is 1. The van der Waals surface area contributed by atoms with Gasteiger partial charge in [-0.25, -0.2) is 4.98 Å². The lowest BCUT2D eigenvalue weighted by Gasteiger charge is -2.09. The topological polar surface area (TPSA) is 42.4 Å². The number of ether oxygens (including phenoxy) is 1. The molecular formula is C13H12INO2. The van der Waals surface area contributed by atoms with Crippen molar-refractivity contribution >= 4 is 22.6 Å². The Balaban J connectivity index is 2.25. The highest BCUT2D eigenvalue weighted by Crippen LogP contribution is 2.26. The van der Waals surface area contributed by atoms with Crippen molar-refractivity contribution in [3.8, 4) is 11.6 Å². The van der Waals surface area contributed by atoms with Gasteiger partial charge in [0.25, 0.3) is 0 Å². The fraction of sp³-hybridized carbons (Fsp3) is 0.154. The molecule has 0 aliphatic rings. The van der Waals surface area contributed by atoms with Gasteiger partial charge >= 0.3 is 0 Å². The summed E-state index contributed by atoms with van der Waals surface area (Å²) in [7, 11) is 0. The molecule has 1 N–H and O–H groups in total. The third kappa shape index (κ3) is 3.17. The maximum atomic E-state index is 9.48. The van der Waals surface area contributed by atoms with E-state index in [2.05, 4.69) is 27.6 Å². The minimum absolute atomic E-state index is 0.493. The van der Waals surface area contributed by atoms with Crippen LogP contribution >= 0.6 is 22.6 Å². The number of aromatic nitrogens is 1. The summed E-state index contributed by atoms with van der Waals surface area (Å²) in [5, 5.41) is 9.48. The summed E-state index contributed by atoms with van der Waals surface area (Å²) in [5.74, 6) is 1.26. The molecule has 4 heteroatoms. The molecular weight excluding hydrogens is 329 g/mol. The summed E-state index contributed by atoms with van der Waals surface area (Å²) in [6.07, 6.45) is 1.11. The fourth-order valence-electron chi connectivity index (χ4n) is 1.38. The minimum Gasteiger partial charge on any atom is -0.438 e. The minimum atomic E-state index is -0.518. The van der Waals surface area contributed by atoms with Crippen molar-refractivity contribution in [2.75, 3.05) is 0 Å². The van der Waals surface area contributed by atoms with Crippen molar-refractivity contribution in [2.45, 2.75) is 13.0 Å². The first-order valence-electron chi connectivity index (χ1n) is 5.23. The molecule has 2 rings (SSSR count). The van der Waals surface area contributed by atoms with E-state index in [4.69, 9.17) is 4.74 Å². The number of benzene rings is 1. The van der Waals surface area contributed by atoms with Crippen LogP contribution in [0.1, 0.15) is 18.6 Å². The Labute approximate surface area is 114 Å². The number of aliphatic hydroxyl groups excluding tert-OH is 1. The van der Waals surface area contributed by atoms with Crippen molar-refractivity contribution in [3.63, 3.8) is 0 Å². The molecule has 0 amide bonds. The largest absolute Gasteiger partial charge is 0.438 e. The van der Waals surface area contributed by atoms with Crippen molar-refractivity contribution in [3.05, 3.63) is 51.7 Å². The SMILES string of the molecule is C[C@@H](O)c1ccnc(Oc2ccccc2I)c1. The molecule has 0 spiro atoms. The number of halogens is 1. The zero-order valence-corrected chi connectivity index (χ0v) is 11.5. The third-order valence-corrected chi connectivity index (χ3v) is 3.18. The normalized spacial score (nSPS) is 12.2. The van der Waals surface area contributed by atoms with E-state index >= 15 is 0 Å². The number of rotatable bonds is 3. The number of para-hydroxylation sites is 1. The highest BCUT2D eigenvalue weighted by Gasteiger charge is 2.06. The van der Waals surface area contributed by atoms with Crippen LogP contribution in [0.25, 0.3) is 0 Å². The number of aliphatic hydroxyl groups is 1. The average Bonchev–Trinajstić information content (AvgIpc) is 2.32. The summed E-state index contributed by atoms with van der Waals surface area (Å²) in [6.45, 7) is 1.71.